The third-order valence-corrected chi connectivity index (χ3v) is 6.52. The van der Waals surface area contributed by atoms with E-state index < -0.39 is 0 Å². The van der Waals surface area contributed by atoms with Gasteiger partial charge in [-0.15, -0.1) is 0 Å². The molecule has 5 nitrogen and oxygen atoms in total. The number of carbonyl (C=O) groups is 1. The van der Waals surface area contributed by atoms with Gasteiger partial charge in [0.1, 0.15) is 10.9 Å². The normalized spacial score (nSPS) is 16.0. The first-order valence-corrected chi connectivity index (χ1v) is 11.8. The van der Waals surface area contributed by atoms with Crippen LogP contribution in [0.25, 0.3) is 22.6 Å². The van der Waals surface area contributed by atoms with Crippen molar-refractivity contribution in [3.8, 4) is 22.6 Å². The largest absolute Gasteiger partial charge is 0.376 e. The van der Waals surface area contributed by atoms with E-state index in [1.54, 1.807) is 0 Å². The summed E-state index contributed by atoms with van der Waals surface area (Å²) < 4.78 is 6.59. The van der Waals surface area contributed by atoms with Crippen LogP contribution in [0.3, 0.4) is 0 Å². The Morgan fingerprint density at radius 2 is 1.93 bits per heavy atom. The van der Waals surface area contributed by atoms with Crippen molar-refractivity contribution in [2.24, 2.45) is 0 Å². The fraction of sp³-hybridized carbons (Fsp3) is 0.304. The minimum atomic E-state index is -0.00134. The van der Waals surface area contributed by atoms with Gasteiger partial charge in [-0.3, -0.25) is 4.79 Å². The smallest absolute Gasteiger partial charge is 0.230 e. The minimum absolute atomic E-state index is 0.00134. The fourth-order valence-electron chi connectivity index (χ4n) is 3.34. The molecule has 0 bridgehead atoms. The number of hydrogen-bond donors (Lipinski definition) is 2. The number of imidazole rings is 1. The molecule has 0 unspecified atom stereocenters. The molecule has 0 saturated carbocycles. The summed E-state index contributed by atoms with van der Waals surface area (Å²) >= 11 is 4.92. The average molecular weight is 486 g/mol. The number of aryl methyl sites for hydroxylation is 1. The summed E-state index contributed by atoms with van der Waals surface area (Å²) in [4.78, 5) is 20.6. The Balaban J connectivity index is 1.51. The van der Waals surface area contributed by atoms with E-state index in [4.69, 9.17) is 9.72 Å². The van der Waals surface area contributed by atoms with Crippen LogP contribution in [0, 0.1) is 6.92 Å². The van der Waals surface area contributed by atoms with E-state index in [2.05, 4.69) is 57.4 Å². The lowest BCUT2D eigenvalue weighted by atomic mass is 10.1. The Morgan fingerprint density at radius 1 is 1.20 bits per heavy atom. The molecular formula is C23H24BrN3O2S. The molecule has 2 aromatic carbocycles. The first-order chi connectivity index (χ1) is 14.6. The van der Waals surface area contributed by atoms with Crippen molar-refractivity contribution < 1.29 is 9.53 Å². The van der Waals surface area contributed by atoms with Crippen molar-refractivity contribution in [2.75, 3.05) is 18.9 Å². The molecule has 2 heterocycles. The van der Waals surface area contributed by atoms with E-state index in [1.165, 1.54) is 17.3 Å². The maximum absolute atomic E-state index is 12.3. The van der Waals surface area contributed by atoms with E-state index >= 15 is 0 Å². The van der Waals surface area contributed by atoms with Gasteiger partial charge in [0.15, 0.2) is 0 Å². The summed E-state index contributed by atoms with van der Waals surface area (Å²) in [5, 5.41) is 3.80. The van der Waals surface area contributed by atoms with Gasteiger partial charge < -0.3 is 15.0 Å². The van der Waals surface area contributed by atoms with Crippen LogP contribution in [0.1, 0.15) is 18.4 Å². The van der Waals surface area contributed by atoms with E-state index in [-0.39, 0.29) is 12.0 Å². The molecule has 0 radical (unpaired) electrons. The number of nitrogens with one attached hydrogen (secondary N) is 2. The van der Waals surface area contributed by atoms with Gasteiger partial charge in [0.25, 0.3) is 0 Å². The van der Waals surface area contributed by atoms with Gasteiger partial charge >= 0.3 is 0 Å². The molecule has 156 valence electrons. The fourth-order valence-corrected chi connectivity index (χ4v) is 4.44. The minimum Gasteiger partial charge on any atom is -0.376 e. The van der Waals surface area contributed by atoms with Gasteiger partial charge in [0.05, 0.1) is 17.6 Å². The lowest BCUT2D eigenvalue weighted by Gasteiger charge is -2.10. The van der Waals surface area contributed by atoms with Crippen molar-refractivity contribution in [3.63, 3.8) is 0 Å². The molecule has 1 fully saturated rings. The van der Waals surface area contributed by atoms with Crippen molar-refractivity contribution >= 4 is 33.6 Å². The second kappa shape index (κ2) is 9.81. The first kappa shape index (κ1) is 21.2. The summed E-state index contributed by atoms with van der Waals surface area (Å²) in [6.07, 6.45) is 2.24. The molecule has 0 aliphatic carbocycles. The Hall–Kier alpha value is -2.09. The molecular weight excluding hydrogens is 462 g/mol. The molecule has 1 aliphatic rings. The Morgan fingerprint density at radius 3 is 2.63 bits per heavy atom. The number of aromatic nitrogens is 2. The highest BCUT2D eigenvalue weighted by Crippen LogP contribution is 2.33. The van der Waals surface area contributed by atoms with Gasteiger partial charge in [0.2, 0.25) is 5.91 Å². The third kappa shape index (κ3) is 5.33. The molecule has 1 atom stereocenters. The van der Waals surface area contributed by atoms with Crippen LogP contribution in [0.4, 0.5) is 0 Å². The van der Waals surface area contributed by atoms with Crippen LogP contribution in [-0.2, 0) is 9.53 Å². The van der Waals surface area contributed by atoms with Crippen LogP contribution >= 0.6 is 27.7 Å². The average Bonchev–Trinajstić information content (AvgIpc) is 3.42. The van der Waals surface area contributed by atoms with Crippen molar-refractivity contribution in [1.82, 2.24) is 15.3 Å². The number of amides is 1. The van der Waals surface area contributed by atoms with E-state index in [9.17, 15) is 4.79 Å². The van der Waals surface area contributed by atoms with E-state index in [1.807, 2.05) is 24.3 Å². The number of halogens is 1. The number of hydrogen-bond acceptors (Lipinski definition) is 4. The van der Waals surface area contributed by atoms with Crippen molar-refractivity contribution in [1.29, 1.82) is 0 Å². The first-order valence-electron chi connectivity index (χ1n) is 10.0. The summed E-state index contributed by atoms with van der Waals surface area (Å²) in [5.74, 6) is 1.11. The monoisotopic (exact) mass is 485 g/mol. The highest BCUT2D eigenvalue weighted by atomic mass is 79.9. The highest BCUT2D eigenvalue weighted by Gasteiger charge is 2.18. The predicted molar refractivity (Wildman–Crippen MR) is 125 cm³/mol. The number of ether oxygens (including phenoxy) is 1. The molecule has 30 heavy (non-hydrogen) atoms. The zero-order chi connectivity index (χ0) is 20.9. The number of aromatic amines is 1. The van der Waals surface area contributed by atoms with Gasteiger partial charge in [-0.1, -0.05) is 69.7 Å². The second-order valence-corrected chi connectivity index (χ2v) is 9.25. The SMILES string of the molecule is Cc1ccc(-c2[nH]c(-c3ccc(Br)cc3)nc2SCC(=O)NC[C@H]2CCCO2)cc1. The van der Waals surface area contributed by atoms with Crippen LogP contribution < -0.4 is 5.32 Å². The van der Waals surface area contributed by atoms with Crippen LogP contribution in [0.5, 0.6) is 0 Å². The quantitative estimate of drug-likeness (QED) is 0.451. The molecule has 3 aromatic rings. The third-order valence-electron chi connectivity index (χ3n) is 5.02. The van der Waals surface area contributed by atoms with Gasteiger partial charge in [-0.2, -0.15) is 0 Å². The molecule has 2 N–H and O–H groups in total. The Labute approximate surface area is 189 Å². The zero-order valence-corrected chi connectivity index (χ0v) is 19.2. The molecule has 7 heteroatoms. The number of rotatable bonds is 7. The molecule has 0 spiro atoms. The predicted octanol–water partition coefficient (Wildman–Crippen LogP) is 5.20. The van der Waals surface area contributed by atoms with Crippen molar-refractivity contribution in [2.45, 2.75) is 30.9 Å². The molecule has 1 saturated heterocycles. The number of benzene rings is 2. The molecule has 1 aliphatic heterocycles. The molecule has 1 aromatic heterocycles. The van der Waals surface area contributed by atoms with E-state index in [0.29, 0.717) is 12.3 Å². The van der Waals surface area contributed by atoms with Crippen LogP contribution in [0.2, 0.25) is 0 Å². The van der Waals surface area contributed by atoms with E-state index in [0.717, 1.165) is 51.6 Å². The second-order valence-electron chi connectivity index (χ2n) is 7.37. The Bertz CT molecular complexity index is 996. The summed E-state index contributed by atoms with van der Waals surface area (Å²) in [6.45, 7) is 3.44. The standard InChI is InChI=1S/C23H24BrN3O2S/c1-15-4-6-16(7-5-15)21-23(27-22(26-21)17-8-10-18(24)11-9-17)30-14-20(28)25-13-19-3-2-12-29-19/h4-11,19H,2-3,12-14H2,1H3,(H,25,28)(H,26,27)/t19-/m1/s1. The Kier molecular flexibility index (Phi) is 6.92. The van der Waals surface area contributed by atoms with Gasteiger partial charge in [0, 0.05) is 28.8 Å². The number of thioether (sulfide) groups is 1. The van der Waals surface area contributed by atoms with Crippen LogP contribution in [0.15, 0.2) is 58.0 Å². The summed E-state index contributed by atoms with van der Waals surface area (Å²) in [7, 11) is 0. The number of H-pyrrole nitrogens is 1. The number of carbonyl (C=O) groups excluding carboxylic acids is 1. The lowest BCUT2D eigenvalue weighted by Crippen LogP contribution is -2.32. The number of nitrogens with zero attached hydrogens (tertiary/aromatic N) is 1. The maximum Gasteiger partial charge on any atom is 0.230 e. The zero-order valence-electron chi connectivity index (χ0n) is 16.8. The van der Waals surface area contributed by atoms with Crippen molar-refractivity contribution in [3.05, 3.63) is 58.6 Å². The lowest BCUT2D eigenvalue weighted by molar-refractivity contribution is -0.119. The molecule has 1 amide bonds. The topological polar surface area (TPSA) is 67.0 Å². The molecule has 4 rings (SSSR count). The summed E-state index contributed by atoms with van der Waals surface area (Å²) in [6, 6.07) is 16.3. The summed E-state index contributed by atoms with van der Waals surface area (Å²) in [5.41, 5.74) is 4.19. The maximum atomic E-state index is 12.3. The highest BCUT2D eigenvalue weighted by molar-refractivity contribution is 9.10. The van der Waals surface area contributed by atoms with Gasteiger partial charge in [-0.25, -0.2) is 4.98 Å². The van der Waals surface area contributed by atoms with Crippen LogP contribution in [-0.4, -0.2) is 40.9 Å². The van der Waals surface area contributed by atoms with Gasteiger partial charge in [-0.05, 0) is 31.9 Å².